The van der Waals surface area contributed by atoms with E-state index >= 15 is 0 Å². The predicted octanol–water partition coefficient (Wildman–Crippen LogP) is 1.96. The molecule has 0 bridgehead atoms. The summed E-state index contributed by atoms with van der Waals surface area (Å²) in [5.74, 6) is 0. The summed E-state index contributed by atoms with van der Waals surface area (Å²) in [6, 6.07) is 0. The van der Waals surface area contributed by atoms with E-state index < -0.39 is 0 Å². The molecule has 0 unspecified atom stereocenters. The highest BCUT2D eigenvalue weighted by Gasteiger charge is 2.15. The van der Waals surface area contributed by atoms with Gasteiger partial charge in [0.1, 0.15) is 0 Å². The van der Waals surface area contributed by atoms with Crippen molar-refractivity contribution in [1.82, 2.24) is 10.2 Å². The van der Waals surface area contributed by atoms with E-state index in [4.69, 9.17) is 0 Å². The van der Waals surface area contributed by atoms with E-state index in [1.807, 2.05) is 20.9 Å². The molecular formula is C10H26N2. The molecular weight excluding hydrogens is 148 g/mol. The maximum atomic E-state index is 3.26. The maximum absolute atomic E-state index is 3.26. The van der Waals surface area contributed by atoms with Crippen molar-refractivity contribution in [2.24, 2.45) is 0 Å². The normalized spacial score (nSPS) is 11.0. The lowest BCUT2D eigenvalue weighted by Crippen LogP contribution is -2.46. The highest BCUT2D eigenvalue weighted by Crippen LogP contribution is 2.01. The fraction of sp³-hybridized carbons (Fsp3) is 1.00. The molecule has 0 aliphatic heterocycles. The van der Waals surface area contributed by atoms with Crippen LogP contribution >= 0.6 is 0 Å². The Morgan fingerprint density at radius 3 is 1.92 bits per heavy atom. The summed E-state index contributed by atoms with van der Waals surface area (Å²) >= 11 is 0. The molecule has 0 amide bonds. The Balaban J connectivity index is 0. The Morgan fingerprint density at radius 1 is 1.25 bits per heavy atom. The molecule has 0 aliphatic carbocycles. The van der Waals surface area contributed by atoms with Crippen LogP contribution in [-0.4, -0.2) is 37.6 Å². The monoisotopic (exact) mass is 174 g/mol. The van der Waals surface area contributed by atoms with Crippen molar-refractivity contribution in [1.29, 1.82) is 0 Å². The van der Waals surface area contributed by atoms with Crippen molar-refractivity contribution in [2.75, 3.05) is 27.2 Å². The minimum absolute atomic E-state index is 0.241. The lowest BCUT2D eigenvalue weighted by atomic mass is 10.1. The average Bonchev–Trinajstić information content (AvgIpc) is 2.07. The Hall–Kier alpha value is -0.0800. The van der Waals surface area contributed by atoms with E-state index in [0.29, 0.717) is 0 Å². The quantitative estimate of drug-likeness (QED) is 0.701. The van der Waals surface area contributed by atoms with E-state index in [2.05, 4.69) is 38.0 Å². The van der Waals surface area contributed by atoms with Gasteiger partial charge in [0.25, 0.3) is 0 Å². The standard InChI is InChI=1S/C8H20N2.C2H6/c1-6-10(5)7-8(2,3)9-4;1-2/h9H,6-7H2,1-5H3;1-2H3. The van der Waals surface area contributed by atoms with E-state index in [0.717, 1.165) is 13.1 Å². The second-order valence-electron chi connectivity index (χ2n) is 3.46. The predicted molar refractivity (Wildman–Crippen MR) is 57.7 cm³/mol. The third-order valence-corrected chi connectivity index (χ3v) is 1.88. The molecule has 0 radical (unpaired) electrons. The lowest BCUT2D eigenvalue weighted by Gasteiger charge is -2.29. The highest BCUT2D eigenvalue weighted by atomic mass is 15.1. The molecule has 0 aliphatic rings. The van der Waals surface area contributed by atoms with Gasteiger partial charge in [0, 0.05) is 12.1 Å². The Bertz CT molecular complexity index is 89.8. The zero-order valence-electron chi connectivity index (χ0n) is 9.86. The molecule has 0 rings (SSSR count). The van der Waals surface area contributed by atoms with Gasteiger partial charge in [-0.05, 0) is 34.5 Å². The van der Waals surface area contributed by atoms with Gasteiger partial charge in [-0.2, -0.15) is 0 Å². The van der Waals surface area contributed by atoms with Gasteiger partial charge < -0.3 is 10.2 Å². The second kappa shape index (κ2) is 7.56. The summed E-state index contributed by atoms with van der Waals surface area (Å²) in [6.45, 7) is 12.8. The molecule has 12 heavy (non-hydrogen) atoms. The molecule has 1 N–H and O–H groups in total. The van der Waals surface area contributed by atoms with Crippen LogP contribution in [0.25, 0.3) is 0 Å². The van der Waals surface area contributed by atoms with Crippen molar-refractivity contribution in [3.05, 3.63) is 0 Å². The van der Waals surface area contributed by atoms with Gasteiger partial charge >= 0.3 is 0 Å². The van der Waals surface area contributed by atoms with Gasteiger partial charge in [0.05, 0.1) is 0 Å². The van der Waals surface area contributed by atoms with Gasteiger partial charge in [-0.3, -0.25) is 0 Å². The third kappa shape index (κ3) is 8.02. The summed E-state index contributed by atoms with van der Waals surface area (Å²) < 4.78 is 0. The first-order valence-electron chi connectivity index (χ1n) is 4.89. The zero-order chi connectivity index (χ0) is 10.2. The van der Waals surface area contributed by atoms with Crippen molar-refractivity contribution >= 4 is 0 Å². The van der Waals surface area contributed by atoms with Gasteiger partial charge in [-0.1, -0.05) is 20.8 Å². The molecule has 0 spiro atoms. The van der Waals surface area contributed by atoms with Crippen molar-refractivity contribution < 1.29 is 0 Å². The second-order valence-corrected chi connectivity index (χ2v) is 3.46. The minimum atomic E-state index is 0.241. The van der Waals surface area contributed by atoms with Crippen LogP contribution in [0.4, 0.5) is 0 Å². The Kier molecular flexibility index (Phi) is 9.10. The fourth-order valence-corrected chi connectivity index (χ4v) is 0.866. The molecule has 76 valence electrons. The molecule has 0 aromatic carbocycles. The number of hydrogen-bond acceptors (Lipinski definition) is 2. The topological polar surface area (TPSA) is 15.3 Å². The number of hydrogen-bond donors (Lipinski definition) is 1. The molecule has 0 saturated heterocycles. The Morgan fingerprint density at radius 2 is 1.67 bits per heavy atom. The van der Waals surface area contributed by atoms with Crippen molar-refractivity contribution in [3.8, 4) is 0 Å². The van der Waals surface area contributed by atoms with E-state index in [1.165, 1.54) is 0 Å². The first-order valence-corrected chi connectivity index (χ1v) is 4.89. The van der Waals surface area contributed by atoms with Crippen LogP contribution in [0.5, 0.6) is 0 Å². The van der Waals surface area contributed by atoms with Crippen LogP contribution in [0.15, 0.2) is 0 Å². The van der Waals surface area contributed by atoms with Crippen LogP contribution in [-0.2, 0) is 0 Å². The number of likely N-dealkylation sites (N-methyl/N-ethyl adjacent to an activating group) is 2. The average molecular weight is 174 g/mol. The van der Waals surface area contributed by atoms with E-state index in [9.17, 15) is 0 Å². The smallest absolute Gasteiger partial charge is 0.0249 e. The van der Waals surface area contributed by atoms with Crippen molar-refractivity contribution in [2.45, 2.75) is 40.2 Å². The molecule has 0 aromatic rings. The SMILES string of the molecule is CC.CCN(C)CC(C)(C)NC. The van der Waals surface area contributed by atoms with Gasteiger partial charge in [0.15, 0.2) is 0 Å². The fourth-order valence-electron chi connectivity index (χ4n) is 0.866. The van der Waals surface area contributed by atoms with Crippen LogP contribution in [0.2, 0.25) is 0 Å². The van der Waals surface area contributed by atoms with Gasteiger partial charge in [0.2, 0.25) is 0 Å². The van der Waals surface area contributed by atoms with E-state index in [1.54, 1.807) is 0 Å². The number of nitrogens with zero attached hydrogens (tertiary/aromatic N) is 1. The van der Waals surface area contributed by atoms with Crippen LogP contribution in [0.1, 0.15) is 34.6 Å². The van der Waals surface area contributed by atoms with Crippen LogP contribution < -0.4 is 5.32 Å². The molecule has 0 heterocycles. The van der Waals surface area contributed by atoms with Crippen LogP contribution in [0, 0.1) is 0 Å². The summed E-state index contributed by atoms with van der Waals surface area (Å²) in [5.41, 5.74) is 0.241. The Labute approximate surface area is 78.3 Å². The first-order chi connectivity index (χ1) is 5.52. The molecule has 2 heteroatoms. The number of nitrogens with one attached hydrogen (secondary N) is 1. The van der Waals surface area contributed by atoms with E-state index in [-0.39, 0.29) is 5.54 Å². The molecule has 0 fully saturated rings. The summed E-state index contributed by atoms with van der Waals surface area (Å²) in [7, 11) is 4.14. The molecule has 0 atom stereocenters. The minimum Gasteiger partial charge on any atom is -0.314 e. The summed E-state index contributed by atoms with van der Waals surface area (Å²) in [6.07, 6.45) is 0. The third-order valence-electron chi connectivity index (χ3n) is 1.88. The maximum Gasteiger partial charge on any atom is 0.0249 e. The van der Waals surface area contributed by atoms with Gasteiger partial charge in [-0.25, -0.2) is 0 Å². The van der Waals surface area contributed by atoms with Crippen LogP contribution in [0.3, 0.4) is 0 Å². The molecule has 0 aromatic heterocycles. The summed E-state index contributed by atoms with van der Waals surface area (Å²) in [4.78, 5) is 2.30. The molecule has 0 saturated carbocycles. The first kappa shape index (κ1) is 14.4. The highest BCUT2D eigenvalue weighted by molar-refractivity contribution is 4.78. The molecule has 2 nitrogen and oxygen atoms in total. The van der Waals surface area contributed by atoms with Crippen molar-refractivity contribution in [3.63, 3.8) is 0 Å². The number of rotatable bonds is 4. The largest absolute Gasteiger partial charge is 0.314 e. The summed E-state index contributed by atoms with van der Waals surface area (Å²) in [5, 5.41) is 3.26. The zero-order valence-corrected chi connectivity index (χ0v) is 9.86. The lowest BCUT2D eigenvalue weighted by molar-refractivity contribution is 0.254. The van der Waals surface area contributed by atoms with Gasteiger partial charge in [-0.15, -0.1) is 0 Å².